The van der Waals surface area contributed by atoms with E-state index in [0.29, 0.717) is 25.5 Å². The van der Waals surface area contributed by atoms with Crippen LogP contribution in [0.3, 0.4) is 0 Å². The van der Waals surface area contributed by atoms with Crippen LogP contribution in [0.5, 0.6) is 5.75 Å². The Bertz CT molecular complexity index is 818. The normalized spacial score (nSPS) is 14.2. The van der Waals surface area contributed by atoms with Crippen LogP contribution in [0.1, 0.15) is 52.2 Å². The van der Waals surface area contributed by atoms with Crippen molar-refractivity contribution in [3.05, 3.63) is 65.7 Å². The monoisotopic (exact) mass is 456 g/mol. The van der Waals surface area contributed by atoms with E-state index in [1.807, 2.05) is 75.4 Å². The summed E-state index contributed by atoms with van der Waals surface area (Å²) in [7, 11) is 0. The Morgan fingerprint density at radius 2 is 1.67 bits per heavy atom. The van der Waals surface area contributed by atoms with Crippen molar-refractivity contribution in [1.29, 1.82) is 0 Å². The third kappa shape index (κ3) is 10.7. The lowest BCUT2D eigenvalue weighted by Crippen LogP contribution is -2.50. The van der Waals surface area contributed by atoms with Gasteiger partial charge in [-0.25, -0.2) is 4.79 Å². The van der Waals surface area contributed by atoms with Gasteiger partial charge < -0.3 is 25.2 Å². The summed E-state index contributed by atoms with van der Waals surface area (Å²) in [5.41, 5.74) is 1.49. The number of benzene rings is 2. The second kappa shape index (κ2) is 13.2. The van der Waals surface area contributed by atoms with Gasteiger partial charge in [0.2, 0.25) is 0 Å². The fraction of sp³-hybridized carbons (Fsp3) is 0.519. The Hall–Kier alpha value is -2.57. The van der Waals surface area contributed by atoms with Gasteiger partial charge in [-0.2, -0.15) is 0 Å². The van der Waals surface area contributed by atoms with Gasteiger partial charge >= 0.3 is 6.09 Å². The van der Waals surface area contributed by atoms with Crippen molar-refractivity contribution in [1.82, 2.24) is 10.6 Å². The lowest BCUT2D eigenvalue weighted by Gasteiger charge is -2.27. The molecule has 33 heavy (non-hydrogen) atoms. The molecule has 0 aliphatic carbocycles. The molecule has 2 rings (SSSR count). The van der Waals surface area contributed by atoms with Crippen molar-refractivity contribution in [3.63, 3.8) is 0 Å². The average molecular weight is 457 g/mol. The number of nitrogens with one attached hydrogen (secondary N) is 2. The molecule has 1 amide bonds. The highest BCUT2D eigenvalue weighted by molar-refractivity contribution is 5.68. The van der Waals surface area contributed by atoms with Crippen LogP contribution in [0.25, 0.3) is 0 Å². The minimum Gasteiger partial charge on any atom is -0.489 e. The molecule has 182 valence electrons. The van der Waals surface area contributed by atoms with Gasteiger partial charge in [-0.1, -0.05) is 62.7 Å². The van der Waals surface area contributed by atoms with E-state index >= 15 is 0 Å². The predicted octanol–water partition coefficient (Wildman–Crippen LogP) is 4.70. The molecule has 0 bridgehead atoms. The van der Waals surface area contributed by atoms with E-state index in [1.165, 1.54) is 0 Å². The maximum absolute atomic E-state index is 12.4. The molecule has 6 nitrogen and oxygen atoms in total. The third-order valence-electron chi connectivity index (χ3n) is 5.34. The largest absolute Gasteiger partial charge is 0.489 e. The zero-order chi connectivity index (χ0) is 24.3. The number of amides is 1. The van der Waals surface area contributed by atoms with Gasteiger partial charge in [0.05, 0.1) is 12.1 Å². The summed E-state index contributed by atoms with van der Waals surface area (Å²) in [4.78, 5) is 12.4. The first-order valence-electron chi connectivity index (χ1n) is 11.8. The summed E-state index contributed by atoms with van der Waals surface area (Å²) in [5.74, 6) is 1.30. The van der Waals surface area contributed by atoms with E-state index in [-0.39, 0.29) is 0 Å². The number of carbonyl (C=O) groups excluding carboxylic acids is 1. The van der Waals surface area contributed by atoms with E-state index in [0.717, 1.165) is 29.8 Å². The zero-order valence-corrected chi connectivity index (χ0v) is 20.6. The topological polar surface area (TPSA) is 79.8 Å². The third-order valence-corrected chi connectivity index (χ3v) is 5.34. The molecular weight excluding hydrogens is 416 g/mol. The minimum atomic E-state index is -0.754. The second-order valence-corrected chi connectivity index (χ2v) is 9.61. The molecule has 0 radical (unpaired) electrons. The summed E-state index contributed by atoms with van der Waals surface area (Å²) < 4.78 is 11.3. The van der Waals surface area contributed by atoms with Gasteiger partial charge in [0.1, 0.15) is 18.0 Å². The van der Waals surface area contributed by atoms with Gasteiger partial charge in [0.25, 0.3) is 0 Å². The summed E-state index contributed by atoms with van der Waals surface area (Å²) in [6.45, 7) is 11.5. The highest BCUT2D eigenvalue weighted by atomic mass is 16.6. The molecule has 0 saturated heterocycles. The predicted molar refractivity (Wildman–Crippen MR) is 132 cm³/mol. The first-order valence-corrected chi connectivity index (χ1v) is 11.8. The molecule has 0 unspecified atom stereocenters. The Morgan fingerprint density at radius 3 is 2.27 bits per heavy atom. The molecule has 2 aromatic rings. The van der Waals surface area contributed by atoms with Crippen LogP contribution in [-0.4, -0.2) is 42.0 Å². The van der Waals surface area contributed by atoms with Crippen molar-refractivity contribution in [2.45, 2.75) is 71.8 Å². The lowest BCUT2D eigenvalue weighted by atomic mass is 10.0. The number of alkyl carbamates (subject to hydrolysis) is 1. The number of hydrogen-bond donors (Lipinski definition) is 3. The molecular formula is C27H40N2O4. The van der Waals surface area contributed by atoms with E-state index < -0.39 is 23.8 Å². The molecule has 0 heterocycles. The Morgan fingerprint density at radius 1 is 1.00 bits per heavy atom. The van der Waals surface area contributed by atoms with Gasteiger partial charge in [0.15, 0.2) is 0 Å². The van der Waals surface area contributed by atoms with Crippen LogP contribution in [0.15, 0.2) is 54.6 Å². The quantitative estimate of drug-likeness (QED) is 0.431. The number of hydrogen-bond acceptors (Lipinski definition) is 5. The SMILES string of the molecule is CC[C@H](C)CNC[C@@H](O)[C@H](Cc1ccc(OCc2ccccc2)cc1)NC(=O)OC(C)(C)C. The van der Waals surface area contributed by atoms with Crippen LogP contribution in [-0.2, 0) is 17.8 Å². The Balaban J connectivity index is 1.98. The summed E-state index contributed by atoms with van der Waals surface area (Å²) in [5, 5.41) is 17.0. The fourth-order valence-corrected chi connectivity index (χ4v) is 3.22. The molecule has 3 N–H and O–H groups in total. The number of rotatable bonds is 12. The van der Waals surface area contributed by atoms with Gasteiger partial charge in [-0.3, -0.25) is 0 Å². The second-order valence-electron chi connectivity index (χ2n) is 9.61. The van der Waals surface area contributed by atoms with E-state index in [1.54, 1.807) is 0 Å². The van der Waals surface area contributed by atoms with Crippen LogP contribution in [0.4, 0.5) is 4.79 Å². The van der Waals surface area contributed by atoms with E-state index in [2.05, 4.69) is 24.5 Å². The fourth-order valence-electron chi connectivity index (χ4n) is 3.22. The molecule has 0 aliphatic rings. The molecule has 3 atom stereocenters. The molecule has 2 aromatic carbocycles. The van der Waals surface area contributed by atoms with Crippen LogP contribution in [0, 0.1) is 5.92 Å². The standard InChI is InChI=1S/C27H40N2O4/c1-6-20(2)17-28-18-25(30)24(29-26(31)33-27(3,4)5)16-21-12-14-23(15-13-21)32-19-22-10-8-7-9-11-22/h7-15,20,24-25,28,30H,6,16-19H2,1-5H3,(H,29,31)/t20-,24-,25+/m0/s1. The highest BCUT2D eigenvalue weighted by Crippen LogP contribution is 2.17. The van der Waals surface area contributed by atoms with Crippen molar-refractivity contribution >= 4 is 6.09 Å². The minimum absolute atomic E-state index is 0.392. The van der Waals surface area contributed by atoms with Crippen molar-refractivity contribution in [2.24, 2.45) is 5.92 Å². The molecule has 6 heteroatoms. The van der Waals surface area contributed by atoms with Crippen LogP contribution >= 0.6 is 0 Å². The van der Waals surface area contributed by atoms with Crippen LogP contribution < -0.4 is 15.4 Å². The summed E-state index contributed by atoms with van der Waals surface area (Å²) in [6.07, 6.45) is 0.262. The number of carbonyl (C=O) groups is 1. The van der Waals surface area contributed by atoms with E-state index in [4.69, 9.17) is 9.47 Å². The Kier molecular flexibility index (Phi) is 10.7. The number of ether oxygens (including phenoxy) is 2. The molecule has 0 aromatic heterocycles. The van der Waals surface area contributed by atoms with Crippen molar-refractivity contribution in [2.75, 3.05) is 13.1 Å². The summed E-state index contributed by atoms with van der Waals surface area (Å²) >= 11 is 0. The van der Waals surface area contributed by atoms with Crippen molar-refractivity contribution in [3.8, 4) is 5.75 Å². The lowest BCUT2D eigenvalue weighted by molar-refractivity contribution is 0.0422. The first kappa shape index (κ1) is 26.7. The molecule has 0 saturated carbocycles. The maximum atomic E-state index is 12.4. The number of aliphatic hydroxyl groups excluding tert-OH is 1. The van der Waals surface area contributed by atoms with Crippen molar-refractivity contribution < 1.29 is 19.4 Å². The van der Waals surface area contributed by atoms with Gasteiger partial charge in [-0.15, -0.1) is 0 Å². The van der Waals surface area contributed by atoms with Crippen LogP contribution in [0.2, 0.25) is 0 Å². The molecule has 0 aliphatic heterocycles. The Labute approximate surface area is 198 Å². The average Bonchev–Trinajstić information content (AvgIpc) is 2.77. The number of aliphatic hydroxyl groups is 1. The summed E-state index contributed by atoms with van der Waals surface area (Å²) in [6, 6.07) is 17.3. The molecule has 0 spiro atoms. The van der Waals surface area contributed by atoms with E-state index in [9.17, 15) is 9.90 Å². The van der Waals surface area contributed by atoms with Gasteiger partial charge in [-0.05, 0) is 62.9 Å². The highest BCUT2D eigenvalue weighted by Gasteiger charge is 2.25. The first-order chi connectivity index (χ1) is 15.7. The zero-order valence-electron chi connectivity index (χ0n) is 20.6. The molecule has 0 fully saturated rings. The smallest absolute Gasteiger partial charge is 0.407 e. The maximum Gasteiger partial charge on any atom is 0.407 e. The van der Waals surface area contributed by atoms with Gasteiger partial charge in [0, 0.05) is 6.54 Å².